The molecule has 0 radical (unpaired) electrons. The van der Waals surface area contributed by atoms with E-state index in [-0.39, 0.29) is 37.9 Å². The number of carbonyl (C=O) groups excluding carboxylic acids is 1. The Morgan fingerprint density at radius 3 is 2.33 bits per heavy atom. The number of carbonyl (C=O) groups is 1. The van der Waals surface area contributed by atoms with Crippen molar-refractivity contribution in [3.8, 4) is 6.07 Å². The number of benzene rings is 2. The molecular formula is C22H21ClF3N3O3S. The largest absolute Gasteiger partial charge is 0.417 e. The van der Waals surface area contributed by atoms with Gasteiger partial charge in [-0.1, -0.05) is 23.7 Å². The minimum absolute atomic E-state index is 0.00957. The average Bonchev–Trinajstić information content (AvgIpc) is 2.78. The Labute approximate surface area is 195 Å². The summed E-state index contributed by atoms with van der Waals surface area (Å²) in [5.41, 5.74) is 0.121. The van der Waals surface area contributed by atoms with Gasteiger partial charge >= 0.3 is 6.18 Å². The molecule has 176 valence electrons. The van der Waals surface area contributed by atoms with Crippen LogP contribution in [-0.2, 0) is 21.0 Å². The van der Waals surface area contributed by atoms with Gasteiger partial charge in [0.1, 0.15) is 0 Å². The Hall–Kier alpha value is -2.61. The van der Waals surface area contributed by atoms with Crippen molar-refractivity contribution in [2.75, 3.05) is 13.1 Å². The van der Waals surface area contributed by atoms with Gasteiger partial charge in [0.2, 0.25) is 15.9 Å². The van der Waals surface area contributed by atoms with E-state index in [1.54, 1.807) is 31.2 Å². The van der Waals surface area contributed by atoms with E-state index in [4.69, 9.17) is 16.9 Å². The highest BCUT2D eigenvalue weighted by Gasteiger charge is 2.37. The van der Waals surface area contributed by atoms with Crippen LogP contribution < -0.4 is 5.32 Å². The quantitative estimate of drug-likeness (QED) is 0.655. The molecule has 3 rings (SSSR count). The summed E-state index contributed by atoms with van der Waals surface area (Å²) in [5, 5.41) is 11.2. The summed E-state index contributed by atoms with van der Waals surface area (Å²) in [6, 6.07) is 11.0. The minimum atomic E-state index is -4.78. The third kappa shape index (κ3) is 5.66. The summed E-state index contributed by atoms with van der Waals surface area (Å²) < 4.78 is 66.1. The topological polar surface area (TPSA) is 90.3 Å². The first kappa shape index (κ1) is 25.0. The van der Waals surface area contributed by atoms with Crippen LogP contribution in [0.4, 0.5) is 13.2 Å². The molecular weight excluding hydrogens is 479 g/mol. The van der Waals surface area contributed by atoms with E-state index in [1.807, 2.05) is 6.07 Å². The molecule has 0 saturated carbocycles. The van der Waals surface area contributed by atoms with Crippen molar-refractivity contribution >= 4 is 27.5 Å². The van der Waals surface area contributed by atoms with E-state index < -0.39 is 37.6 Å². The molecule has 33 heavy (non-hydrogen) atoms. The maximum atomic E-state index is 13.1. The van der Waals surface area contributed by atoms with E-state index in [9.17, 15) is 26.4 Å². The van der Waals surface area contributed by atoms with Crippen LogP contribution in [0.25, 0.3) is 0 Å². The zero-order valence-electron chi connectivity index (χ0n) is 17.6. The van der Waals surface area contributed by atoms with Gasteiger partial charge in [0.25, 0.3) is 0 Å². The predicted octanol–water partition coefficient (Wildman–Crippen LogP) is 4.51. The fourth-order valence-corrected chi connectivity index (χ4v) is 5.37. The number of halogens is 4. The molecule has 1 saturated heterocycles. The molecule has 1 fully saturated rings. The van der Waals surface area contributed by atoms with Gasteiger partial charge in [0, 0.05) is 19.0 Å². The molecule has 2 aromatic rings. The fraction of sp³-hybridized carbons (Fsp3) is 0.364. The van der Waals surface area contributed by atoms with Crippen molar-refractivity contribution in [2.24, 2.45) is 5.92 Å². The molecule has 2 aromatic carbocycles. The Bertz CT molecular complexity index is 1170. The predicted molar refractivity (Wildman–Crippen MR) is 116 cm³/mol. The number of hydrogen-bond acceptors (Lipinski definition) is 4. The number of amides is 1. The Morgan fingerprint density at radius 1 is 1.18 bits per heavy atom. The average molecular weight is 500 g/mol. The number of nitriles is 1. The van der Waals surface area contributed by atoms with Crippen molar-refractivity contribution in [2.45, 2.75) is 36.9 Å². The van der Waals surface area contributed by atoms with Gasteiger partial charge in [-0.3, -0.25) is 4.79 Å². The monoisotopic (exact) mass is 499 g/mol. The lowest BCUT2D eigenvalue weighted by Gasteiger charge is -2.31. The van der Waals surface area contributed by atoms with Crippen LogP contribution in [0.15, 0.2) is 47.4 Å². The van der Waals surface area contributed by atoms with Gasteiger partial charge in [0.05, 0.1) is 33.2 Å². The number of rotatable bonds is 5. The number of piperidine rings is 1. The summed E-state index contributed by atoms with van der Waals surface area (Å²) >= 11 is 5.58. The van der Waals surface area contributed by atoms with Crippen molar-refractivity contribution in [1.29, 1.82) is 5.26 Å². The standard InChI is InChI=1S/C22H21ClF3N3O3S/c1-14(16-4-2-15(13-27)3-5-16)28-21(30)17-8-10-29(11-9-17)33(31,32)18-6-7-20(23)19(12-18)22(24,25)26/h2-7,12,14,17H,8-11H2,1H3,(H,28,30). The molecule has 0 aliphatic carbocycles. The molecule has 0 spiro atoms. The fourth-order valence-electron chi connectivity index (χ4n) is 3.65. The lowest BCUT2D eigenvalue weighted by molar-refractivity contribution is -0.137. The molecule has 1 unspecified atom stereocenters. The molecule has 1 amide bonds. The van der Waals surface area contributed by atoms with E-state index in [1.165, 1.54) is 0 Å². The SMILES string of the molecule is CC(NC(=O)C1CCN(S(=O)(=O)c2ccc(Cl)c(C(F)(F)F)c2)CC1)c1ccc(C#N)cc1. The highest BCUT2D eigenvalue weighted by molar-refractivity contribution is 7.89. The molecule has 0 aromatic heterocycles. The van der Waals surface area contributed by atoms with Gasteiger partial charge < -0.3 is 5.32 Å². The third-order valence-electron chi connectivity index (χ3n) is 5.60. The van der Waals surface area contributed by atoms with Crippen LogP contribution in [-0.4, -0.2) is 31.7 Å². The van der Waals surface area contributed by atoms with Gasteiger partial charge in [-0.25, -0.2) is 8.42 Å². The number of nitrogens with one attached hydrogen (secondary N) is 1. The van der Waals surface area contributed by atoms with Gasteiger partial charge in [-0.2, -0.15) is 22.7 Å². The van der Waals surface area contributed by atoms with Gasteiger partial charge in [-0.05, 0) is 55.7 Å². The zero-order chi connectivity index (χ0) is 24.4. The number of hydrogen-bond donors (Lipinski definition) is 1. The maximum absolute atomic E-state index is 13.1. The van der Waals surface area contributed by atoms with Gasteiger partial charge in [0.15, 0.2) is 0 Å². The van der Waals surface area contributed by atoms with Crippen LogP contribution in [0, 0.1) is 17.2 Å². The lowest BCUT2D eigenvalue weighted by Crippen LogP contribution is -2.43. The molecule has 0 bridgehead atoms. The first-order chi connectivity index (χ1) is 15.4. The summed E-state index contributed by atoms with van der Waals surface area (Å²) in [4.78, 5) is 12.2. The number of alkyl halides is 3. The Morgan fingerprint density at radius 2 is 1.79 bits per heavy atom. The minimum Gasteiger partial charge on any atom is -0.349 e. The number of nitrogens with zero attached hydrogens (tertiary/aromatic N) is 2. The summed E-state index contributed by atoms with van der Waals surface area (Å²) in [6.07, 6.45) is -4.30. The molecule has 6 nitrogen and oxygen atoms in total. The smallest absolute Gasteiger partial charge is 0.349 e. The summed E-state index contributed by atoms with van der Waals surface area (Å²) in [5.74, 6) is -0.650. The second kappa shape index (κ2) is 9.71. The molecule has 1 N–H and O–H groups in total. The van der Waals surface area contributed by atoms with Crippen LogP contribution in [0.3, 0.4) is 0 Å². The maximum Gasteiger partial charge on any atom is 0.417 e. The molecule has 1 atom stereocenters. The van der Waals surface area contributed by atoms with E-state index >= 15 is 0 Å². The number of sulfonamides is 1. The van der Waals surface area contributed by atoms with Gasteiger partial charge in [-0.15, -0.1) is 0 Å². The third-order valence-corrected chi connectivity index (χ3v) is 7.83. The summed E-state index contributed by atoms with van der Waals surface area (Å²) in [7, 11) is -4.17. The van der Waals surface area contributed by atoms with Crippen LogP contribution >= 0.6 is 11.6 Å². The van der Waals surface area contributed by atoms with Crippen LogP contribution in [0.5, 0.6) is 0 Å². The van der Waals surface area contributed by atoms with Crippen LogP contribution in [0.2, 0.25) is 5.02 Å². The van der Waals surface area contributed by atoms with Crippen molar-refractivity contribution < 1.29 is 26.4 Å². The van der Waals surface area contributed by atoms with E-state index in [0.717, 1.165) is 22.0 Å². The highest BCUT2D eigenvalue weighted by atomic mass is 35.5. The molecule has 11 heteroatoms. The zero-order valence-corrected chi connectivity index (χ0v) is 19.1. The Balaban J connectivity index is 1.64. The first-order valence-corrected chi connectivity index (χ1v) is 11.9. The lowest BCUT2D eigenvalue weighted by atomic mass is 9.96. The van der Waals surface area contributed by atoms with Crippen molar-refractivity contribution in [3.63, 3.8) is 0 Å². The second-order valence-electron chi connectivity index (χ2n) is 7.78. The van der Waals surface area contributed by atoms with Crippen molar-refractivity contribution in [3.05, 3.63) is 64.2 Å². The highest BCUT2D eigenvalue weighted by Crippen LogP contribution is 2.36. The first-order valence-electron chi connectivity index (χ1n) is 10.1. The van der Waals surface area contributed by atoms with Crippen LogP contribution in [0.1, 0.15) is 42.5 Å². The molecule has 1 aliphatic rings. The molecule has 1 aliphatic heterocycles. The van der Waals surface area contributed by atoms with Crippen molar-refractivity contribution in [1.82, 2.24) is 9.62 Å². The summed E-state index contributed by atoms with van der Waals surface area (Å²) in [6.45, 7) is 1.82. The van der Waals surface area contributed by atoms with E-state index in [0.29, 0.717) is 11.6 Å². The molecule has 1 heterocycles. The normalized spacial score (nSPS) is 16.7. The second-order valence-corrected chi connectivity index (χ2v) is 10.1. The Kier molecular flexibility index (Phi) is 7.36. The van der Waals surface area contributed by atoms with E-state index in [2.05, 4.69) is 5.32 Å².